The fourth-order valence-electron chi connectivity index (χ4n) is 4.74. The van der Waals surface area contributed by atoms with E-state index in [0.29, 0.717) is 51.5 Å². The Morgan fingerprint density at radius 3 is 2.67 bits per heavy atom. The number of benzene rings is 2. The van der Waals surface area contributed by atoms with Crippen LogP contribution in [0.15, 0.2) is 53.3 Å². The number of hydrogen-bond acceptors (Lipinski definition) is 6. The van der Waals surface area contributed by atoms with Crippen molar-refractivity contribution < 1.29 is 14.3 Å². The number of thiazole rings is 1. The van der Waals surface area contributed by atoms with Crippen LogP contribution in [0.3, 0.4) is 0 Å². The van der Waals surface area contributed by atoms with Crippen molar-refractivity contribution in [1.82, 2.24) is 13.9 Å². The van der Waals surface area contributed by atoms with Crippen LogP contribution >= 0.6 is 35.2 Å². The molecule has 1 atom stereocenters. The first-order valence-corrected chi connectivity index (χ1v) is 13.4. The molecule has 4 aromatic rings. The minimum Gasteiger partial charge on any atom is -0.466 e. The van der Waals surface area contributed by atoms with E-state index in [4.69, 9.17) is 28.6 Å². The second kappa shape index (κ2) is 10.2. The van der Waals surface area contributed by atoms with E-state index in [1.54, 1.807) is 36.1 Å². The van der Waals surface area contributed by atoms with Gasteiger partial charge in [-0.2, -0.15) is 0 Å². The summed E-state index contributed by atoms with van der Waals surface area (Å²) in [6.45, 7) is 2.74. The molecule has 0 aliphatic carbocycles. The molecule has 1 fully saturated rings. The Labute approximate surface area is 221 Å². The Morgan fingerprint density at radius 1 is 1.17 bits per heavy atom. The molecule has 0 spiro atoms. The number of nitrogens with zero attached hydrogens (tertiary/aromatic N) is 3. The number of amides is 1. The molecule has 0 unspecified atom stereocenters. The number of carbonyl (C=O) groups is 2. The fourth-order valence-corrected chi connectivity index (χ4v) is 6.30. The lowest BCUT2D eigenvalue weighted by Gasteiger charge is -2.31. The van der Waals surface area contributed by atoms with E-state index in [0.717, 1.165) is 10.4 Å². The Hall–Kier alpha value is -3.01. The van der Waals surface area contributed by atoms with Gasteiger partial charge in [0.1, 0.15) is 12.2 Å². The van der Waals surface area contributed by atoms with Crippen molar-refractivity contribution in [1.29, 1.82) is 0 Å². The standard InChI is InChI=1S/C26H24ClN3O4S2/c1-2-34-25(33)17-6-5-13-28(14-17)21(31)15-29-23-22(16-9-11-18(27)12-10-16)36-26(35)30(23)20-8-4-3-7-19(20)24(29)32/h3-4,7-12,17H,2,5-6,13-15H2,1H3/t17-/m1/s1. The number of aromatic nitrogens is 2. The number of rotatable bonds is 5. The molecule has 3 heterocycles. The number of fused-ring (bicyclic) bond motifs is 3. The van der Waals surface area contributed by atoms with E-state index >= 15 is 0 Å². The Balaban J connectivity index is 1.63. The summed E-state index contributed by atoms with van der Waals surface area (Å²) in [4.78, 5) is 41.9. The maximum Gasteiger partial charge on any atom is 0.310 e. The molecule has 36 heavy (non-hydrogen) atoms. The van der Waals surface area contributed by atoms with Crippen molar-refractivity contribution in [3.05, 3.63) is 67.9 Å². The normalized spacial score (nSPS) is 15.9. The molecule has 10 heteroatoms. The predicted molar refractivity (Wildman–Crippen MR) is 144 cm³/mol. The summed E-state index contributed by atoms with van der Waals surface area (Å²) in [5.41, 5.74) is 1.86. The fraction of sp³-hybridized carbons (Fsp3) is 0.308. The van der Waals surface area contributed by atoms with Gasteiger partial charge in [0.25, 0.3) is 5.56 Å². The highest BCUT2D eigenvalue weighted by Crippen LogP contribution is 2.34. The molecule has 1 aliphatic rings. The largest absolute Gasteiger partial charge is 0.466 e. The van der Waals surface area contributed by atoms with Crippen molar-refractivity contribution in [2.75, 3.05) is 19.7 Å². The van der Waals surface area contributed by atoms with Gasteiger partial charge < -0.3 is 9.64 Å². The molecular weight excluding hydrogens is 518 g/mol. The zero-order valence-corrected chi connectivity index (χ0v) is 22.0. The predicted octanol–water partition coefficient (Wildman–Crippen LogP) is 5.17. The molecule has 2 aromatic heterocycles. The number of esters is 1. The van der Waals surface area contributed by atoms with Gasteiger partial charge in [-0.25, -0.2) is 0 Å². The van der Waals surface area contributed by atoms with Crippen LogP contribution in [0.5, 0.6) is 0 Å². The van der Waals surface area contributed by atoms with Gasteiger partial charge in [0.15, 0.2) is 3.95 Å². The van der Waals surface area contributed by atoms with Crippen molar-refractivity contribution in [3.63, 3.8) is 0 Å². The molecular formula is C26H24ClN3O4S2. The summed E-state index contributed by atoms with van der Waals surface area (Å²) in [7, 11) is 0. The number of piperidine rings is 1. The van der Waals surface area contributed by atoms with Crippen LogP contribution in [0.2, 0.25) is 5.02 Å². The molecule has 1 saturated heterocycles. The van der Waals surface area contributed by atoms with E-state index in [1.165, 1.54) is 15.9 Å². The number of carbonyl (C=O) groups excluding carboxylic acids is 2. The Bertz CT molecular complexity index is 1590. The van der Waals surface area contributed by atoms with Gasteiger partial charge >= 0.3 is 5.97 Å². The molecule has 0 radical (unpaired) electrons. The van der Waals surface area contributed by atoms with Crippen LogP contribution in [0, 0.1) is 9.87 Å². The van der Waals surface area contributed by atoms with Gasteiger partial charge in [0, 0.05) is 18.1 Å². The molecule has 2 aromatic carbocycles. The SMILES string of the molecule is CCOC(=O)[C@@H]1CCCN(C(=O)Cn2c(=O)c3ccccc3n3c(=S)sc(-c4ccc(Cl)cc4)c23)C1. The lowest BCUT2D eigenvalue weighted by Crippen LogP contribution is -2.45. The lowest BCUT2D eigenvalue weighted by molar-refractivity contribution is -0.151. The van der Waals surface area contributed by atoms with Crippen molar-refractivity contribution >= 4 is 63.6 Å². The first kappa shape index (κ1) is 24.7. The third-order valence-electron chi connectivity index (χ3n) is 6.46. The van der Waals surface area contributed by atoms with Crippen LogP contribution in [-0.4, -0.2) is 45.4 Å². The maximum atomic E-state index is 13.7. The second-order valence-electron chi connectivity index (χ2n) is 8.70. The van der Waals surface area contributed by atoms with E-state index in [-0.39, 0.29) is 36.4 Å². The number of para-hydroxylation sites is 1. The van der Waals surface area contributed by atoms with Crippen LogP contribution in [-0.2, 0) is 20.9 Å². The summed E-state index contributed by atoms with van der Waals surface area (Å²) in [6.07, 6.45) is 1.39. The molecule has 0 saturated carbocycles. The zero-order valence-electron chi connectivity index (χ0n) is 19.6. The monoisotopic (exact) mass is 541 g/mol. The van der Waals surface area contributed by atoms with Crippen molar-refractivity contribution in [2.24, 2.45) is 5.92 Å². The van der Waals surface area contributed by atoms with Crippen LogP contribution in [0.25, 0.3) is 27.0 Å². The summed E-state index contributed by atoms with van der Waals surface area (Å²) in [5, 5.41) is 1.09. The van der Waals surface area contributed by atoms with Crippen LogP contribution in [0.1, 0.15) is 19.8 Å². The summed E-state index contributed by atoms with van der Waals surface area (Å²) < 4.78 is 9.13. The number of hydrogen-bond donors (Lipinski definition) is 0. The second-order valence-corrected chi connectivity index (χ2v) is 10.8. The van der Waals surface area contributed by atoms with Gasteiger partial charge in [-0.1, -0.05) is 35.9 Å². The smallest absolute Gasteiger partial charge is 0.310 e. The third kappa shape index (κ3) is 4.47. The summed E-state index contributed by atoms with van der Waals surface area (Å²) >= 11 is 13.2. The number of likely N-dealkylation sites (tertiary alicyclic amines) is 1. The maximum absolute atomic E-state index is 13.7. The van der Waals surface area contributed by atoms with E-state index in [1.807, 2.05) is 28.7 Å². The topological polar surface area (TPSA) is 73.0 Å². The van der Waals surface area contributed by atoms with Crippen LogP contribution in [0.4, 0.5) is 0 Å². The van der Waals surface area contributed by atoms with E-state index < -0.39 is 0 Å². The van der Waals surface area contributed by atoms with Gasteiger partial charge in [-0.15, -0.1) is 11.3 Å². The number of ether oxygens (including phenoxy) is 1. The zero-order chi connectivity index (χ0) is 25.4. The molecule has 0 bridgehead atoms. The molecule has 1 amide bonds. The summed E-state index contributed by atoms with van der Waals surface area (Å²) in [5.74, 6) is -0.854. The molecule has 1 aliphatic heterocycles. The molecule has 7 nitrogen and oxygen atoms in total. The molecule has 186 valence electrons. The molecule has 5 rings (SSSR count). The highest BCUT2D eigenvalue weighted by molar-refractivity contribution is 7.73. The van der Waals surface area contributed by atoms with Gasteiger partial charge in [0.05, 0.1) is 28.3 Å². The minimum absolute atomic E-state index is 0.158. The van der Waals surface area contributed by atoms with Crippen molar-refractivity contribution in [2.45, 2.75) is 26.3 Å². The average Bonchev–Trinajstić information content (AvgIpc) is 3.24. The lowest BCUT2D eigenvalue weighted by atomic mass is 9.98. The van der Waals surface area contributed by atoms with Crippen molar-refractivity contribution in [3.8, 4) is 10.4 Å². The summed E-state index contributed by atoms with van der Waals surface area (Å²) in [6, 6.07) is 14.6. The molecule has 0 N–H and O–H groups in total. The Morgan fingerprint density at radius 2 is 1.92 bits per heavy atom. The first-order valence-electron chi connectivity index (χ1n) is 11.8. The van der Waals surface area contributed by atoms with Gasteiger partial charge in [-0.3, -0.25) is 23.4 Å². The van der Waals surface area contributed by atoms with Gasteiger partial charge in [0.2, 0.25) is 5.91 Å². The van der Waals surface area contributed by atoms with E-state index in [9.17, 15) is 14.4 Å². The number of halogens is 1. The average molecular weight is 542 g/mol. The van der Waals surface area contributed by atoms with E-state index in [2.05, 4.69) is 0 Å². The highest BCUT2D eigenvalue weighted by atomic mass is 35.5. The van der Waals surface area contributed by atoms with Gasteiger partial charge in [-0.05, 0) is 61.8 Å². The highest BCUT2D eigenvalue weighted by Gasteiger charge is 2.30. The first-order chi connectivity index (χ1) is 17.4. The quantitative estimate of drug-likeness (QED) is 0.257. The van der Waals surface area contributed by atoms with Crippen LogP contribution < -0.4 is 5.56 Å². The minimum atomic E-state index is -0.351. The Kier molecular flexibility index (Phi) is 6.96. The third-order valence-corrected chi connectivity index (χ3v) is 8.12.